The maximum Gasteiger partial charge on any atom is 0.203 e. The van der Waals surface area contributed by atoms with Crippen LogP contribution in [0.3, 0.4) is 0 Å². The van der Waals surface area contributed by atoms with Crippen LogP contribution in [0.5, 0.6) is 23.0 Å². The number of ether oxygens (including phenoxy) is 4. The van der Waals surface area contributed by atoms with Crippen molar-refractivity contribution >= 4 is 5.95 Å². The zero-order valence-electron chi connectivity index (χ0n) is 16.8. The van der Waals surface area contributed by atoms with Crippen molar-refractivity contribution in [1.82, 2.24) is 9.55 Å². The van der Waals surface area contributed by atoms with E-state index in [0.717, 1.165) is 28.5 Å². The Morgan fingerprint density at radius 1 is 0.857 bits per heavy atom. The minimum atomic E-state index is 0.524. The summed E-state index contributed by atoms with van der Waals surface area (Å²) in [5.74, 6) is 3.41. The topological polar surface area (TPSA) is 66.8 Å². The van der Waals surface area contributed by atoms with Crippen LogP contribution in [-0.2, 0) is 13.6 Å². The average molecular weight is 383 g/mol. The molecule has 0 bridgehead atoms. The molecule has 7 heteroatoms. The van der Waals surface area contributed by atoms with Crippen molar-refractivity contribution in [3.63, 3.8) is 0 Å². The van der Waals surface area contributed by atoms with E-state index in [1.54, 1.807) is 28.4 Å². The first-order chi connectivity index (χ1) is 13.6. The highest BCUT2D eigenvalue weighted by molar-refractivity contribution is 5.63. The number of methoxy groups -OCH3 is 4. The maximum absolute atomic E-state index is 5.54. The summed E-state index contributed by atoms with van der Waals surface area (Å²) in [5, 5.41) is 3.36. The number of anilines is 1. The summed E-state index contributed by atoms with van der Waals surface area (Å²) in [7, 11) is 8.44. The lowest BCUT2D eigenvalue weighted by molar-refractivity contribution is 0.322. The largest absolute Gasteiger partial charge is 0.497 e. The van der Waals surface area contributed by atoms with E-state index in [0.29, 0.717) is 23.8 Å². The van der Waals surface area contributed by atoms with Crippen LogP contribution in [0.15, 0.2) is 42.6 Å². The smallest absolute Gasteiger partial charge is 0.203 e. The fourth-order valence-corrected chi connectivity index (χ4v) is 3.08. The molecule has 0 fully saturated rings. The van der Waals surface area contributed by atoms with Crippen molar-refractivity contribution in [3.05, 3.63) is 48.2 Å². The van der Waals surface area contributed by atoms with Crippen molar-refractivity contribution in [1.29, 1.82) is 0 Å². The number of hydrogen-bond acceptors (Lipinski definition) is 6. The molecule has 1 aromatic heterocycles. The SMILES string of the molecule is COc1ccc(-c2cnc(NCc3ccc(OC)c(OC)c3OC)n2C)cc1. The van der Waals surface area contributed by atoms with Gasteiger partial charge in [0.25, 0.3) is 0 Å². The Hall–Kier alpha value is -3.35. The Balaban J connectivity index is 1.81. The molecular weight excluding hydrogens is 358 g/mol. The normalized spacial score (nSPS) is 10.5. The number of benzene rings is 2. The lowest BCUT2D eigenvalue weighted by Gasteiger charge is -2.16. The van der Waals surface area contributed by atoms with Crippen molar-refractivity contribution in [3.8, 4) is 34.3 Å². The van der Waals surface area contributed by atoms with E-state index in [9.17, 15) is 0 Å². The molecule has 0 aliphatic heterocycles. The molecule has 1 N–H and O–H groups in total. The molecule has 148 valence electrons. The van der Waals surface area contributed by atoms with Gasteiger partial charge in [-0.2, -0.15) is 0 Å². The molecule has 0 radical (unpaired) electrons. The second kappa shape index (κ2) is 8.56. The third-order valence-electron chi connectivity index (χ3n) is 4.60. The van der Waals surface area contributed by atoms with Gasteiger partial charge in [0.05, 0.1) is 40.3 Å². The molecule has 0 saturated heterocycles. The van der Waals surface area contributed by atoms with Crippen LogP contribution in [0, 0.1) is 0 Å². The standard InChI is InChI=1S/C21H25N3O4/c1-24-17(14-6-9-16(25-2)10-7-14)13-23-21(24)22-12-15-8-11-18(26-3)20(28-5)19(15)27-4/h6-11,13H,12H2,1-5H3,(H,22,23). The fraction of sp³-hybridized carbons (Fsp3) is 0.286. The highest BCUT2D eigenvalue weighted by Crippen LogP contribution is 2.40. The van der Waals surface area contributed by atoms with E-state index >= 15 is 0 Å². The van der Waals surface area contributed by atoms with Crippen molar-refractivity contribution in [2.75, 3.05) is 33.8 Å². The molecule has 1 heterocycles. The van der Waals surface area contributed by atoms with Crippen LogP contribution in [0.25, 0.3) is 11.3 Å². The zero-order valence-corrected chi connectivity index (χ0v) is 16.8. The van der Waals surface area contributed by atoms with Gasteiger partial charge in [-0.3, -0.25) is 0 Å². The van der Waals surface area contributed by atoms with E-state index in [-0.39, 0.29) is 0 Å². The van der Waals surface area contributed by atoms with Gasteiger partial charge in [0.2, 0.25) is 11.7 Å². The third kappa shape index (κ3) is 3.69. The summed E-state index contributed by atoms with van der Waals surface area (Å²) < 4.78 is 23.5. The van der Waals surface area contributed by atoms with Crippen molar-refractivity contribution in [2.45, 2.75) is 6.54 Å². The summed E-state index contributed by atoms with van der Waals surface area (Å²) in [6.45, 7) is 0.524. The van der Waals surface area contributed by atoms with Gasteiger partial charge in [-0.25, -0.2) is 4.98 Å². The first-order valence-electron chi connectivity index (χ1n) is 8.80. The lowest BCUT2D eigenvalue weighted by atomic mass is 10.1. The van der Waals surface area contributed by atoms with Gasteiger partial charge >= 0.3 is 0 Å². The Labute approximate surface area is 164 Å². The van der Waals surface area contributed by atoms with Gasteiger partial charge in [-0.05, 0) is 36.4 Å². The second-order valence-corrected chi connectivity index (χ2v) is 6.10. The molecule has 3 rings (SSSR count). The Morgan fingerprint density at radius 3 is 2.18 bits per heavy atom. The van der Waals surface area contributed by atoms with Gasteiger partial charge in [0.15, 0.2) is 11.5 Å². The minimum Gasteiger partial charge on any atom is -0.497 e. The van der Waals surface area contributed by atoms with Gasteiger partial charge in [-0.1, -0.05) is 0 Å². The summed E-state index contributed by atoms with van der Waals surface area (Å²) in [6, 6.07) is 11.7. The van der Waals surface area contributed by atoms with Crippen LogP contribution >= 0.6 is 0 Å². The zero-order chi connectivity index (χ0) is 20.1. The molecule has 2 aromatic carbocycles. The Morgan fingerprint density at radius 2 is 1.57 bits per heavy atom. The van der Waals surface area contributed by atoms with Gasteiger partial charge in [0.1, 0.15) is 5.75 Å². The molecule has 28 heavy (non-hydrogen) atoms. The molecule has 0 aliphatic carbocycles. The van der Waals surface area contributed by atoms with E-state index in [1.807, 2.05) is 54.2 Å². The predicted molar refractivity (Wildman–Crippen MR) is 109 cm³/mol. The molecule has 3 aromatic rings. The fourth-order valence-electron chi connectivity index (χ4n) is 3.08. The van der Waals surface area contributed by atoms with E-state index in [4.69, 9.17) is 18.9 Å². The molecule has 0 saturated carbocycles. The van der Waals surface area contributed by atoms with E-state index < -0.39 is 0 Å². The number of nitrogens with one attached hydrogen (secondary N) is 1. The molecule has 0 aliphatic rings. The third-order valence-corrected chi connectivity index (χ3v) is 4.60. The molecule has 0 unspecified atom stereocenters. The molecular formula is C21H25N3O4. The van der Waals surface area contributed by atoms with Crippen LogP contribution in [0.1, 0.15) is 5.56 Å². The van der Waals surface area contributed by atoms with Crippen LogP contribution in [0.4, 0.5) is 5.95 Å². The summed E-state index contributed by atoms with van der Waals surface area (Å²) in [6.07, 6.45) is 1.84. The van der Waals surface area contributed by atoms with E-state index in [2.05, 4.69) is 10.3 Å². The first-order valence-corrected chi connectivity index (χ1v) is 8.80. The van der Waals surface area contributed by atoms with E-state index in [1.165, 1.54) is 0 Å². The van der Waals surface area contributed by atoms with Gasteiger partial charge in [-0.15, -0.1) is 0 Å². The highest BCUT2D eigenvalue weighted by Gasteiger charge is 2.16. The van der Waals surface area contributed by atoms with Crippen LogP contribution < -0.4 is 24.3 Å². The number of hydrogen-bond donors (Lipinski definition) is 1. The first kappa shape index (κ1) is 19.4. The van der Waals surface area contributed by atoms with Gasteiger partial charge in [0, 0.05) is 24.7 Å². The quantitative estimate of drug-likeness (QED) is 0.639. The summed E-state index contributed by atoms with van der Waals surface area (Å²) in [4.78, 5) is 4.51. The van der Waals surface area contributed by atoms with Gasteiger partial charge < -0.3 is 28.8 Å². The van der Waals surface area contributed by atoms with Crippen LogP contribution in [0.2, 0.25) is 0 Å². The molecule has 0 amide bonds. The number of aromatic nitrogens is 2. The monoisotopic (exact) mass is 383 g/mol. The lowest BCUT2D eigenvalue weighted by Crippen LogP contribution is -2.07. The van der Waals surface area contributed by atoms with Crippen molar-refractivity contribution in [2.24, 2.45) is 7.05 Å². The Kier molecular flexibility index (Phi) is 5.93. The summed E-state index contributed by atoms with van der Waals surface area (Å²) in [5.41, 5.74) is 3.01. The molecule has 0 atom stereocenters. The average Bonchev–Trinajstić information content (AvgIpc) is 3.11. The number of nitrogens with zero attached hydrogens (tertiary/aromatic N) is 2. The Bertz CT molecular complexity index is 936. The number of imidazole rings is 1. The second-order valence-electron chi connectivity index (χ2n) is 6.10. The van der Waals surface area contributed by atoms with Crippen LogP contribution in [-0.4, -0.2) is 38.0 Å². The minimum absolute atomic E-state index is 0.524. The number of rotatable bonds is 8. The molecule has 7 nitrogen and oxygen atoms in total. The predicted octanol–water partition coefficient (Wildman–Crippen LogP) is 3.73. The molecule has 0 spiro atoms. The van der Waals surface area contributed by atoms with Crippen molar-refractivity contribution < 1.29 is 18.9 Å². The maximum atomic E-state index is 5.54. The summed E-state index contributed by atoms with van der Waals surface area (Å²) >= 11 is 0. The highest BCUT2D eigenvalue weighted by atomic mass is 16.5.